The number of rotatable bonds is 4. The van der Waals surface area contributed by atoms with Gasteiger partial charge in [0.15, 0.2) is 0 Å². The molecule has 0 spiro atoms. The minimum Gasteiger partial charge on any atom is -0.481 e. The van der Waals surface area contributed by atoms with Gasteiger partial charge in [-0.25, -0.2) is 4.79 Å². The molecule has 0 unspecified atom stereocenters. The molecule has 0 saturated heterocycles. The van der Waals surface area contributed by atoms with Gasteiger partial charge in [-0.2, -0.15) is 0 Å². The van der Waals surface area contributed by atoms with Crippen molar-refractivity contribution in [3.8, 4) is 0 Å². The minimum atomic E-state index is -0.936. The van der Waals surface area contributed by atoms with Crippen LogP contribution in [-0.2, 0) is 4.79 Å². The number of anilines is 1. The topological polar surface area (TPSA) is 78.4 Å². The number of carboxylic acids is 1. The minimum absolute atomic E-state index is 0.0840. The summed E-state index contributed by atoms with van der Waals surface area (Å²) < 4.78 is 0.925. The highest BCUT2D eigenvalue weighted by atomic mass is 127. The molecule has 5 nitrogen and oxygen atoms in total. The summed E-state index contributed by atoms with van der Waals surface area (Å²) >= 11 is 2.11. The molecule has 0 saturated carbocycles. The van der Waals surface area contributed by atoms with E-state index in [9.17, 15) is 9.59 Å². The number of hydrogen-bond acceptors (Lipinski definition) is 2. The fraction of sp³-hybridized carbons (Fsp3) is 0.200. The van der Waals surface area contributed by atoms with Crippen molar-refractivity contribution >= 4 is 40.3 Å². The molecule has 1 aromatic rings. The van der Waals surface area contributed by atoms with Gasteiger partial charge in [0, 0.05) is 10.1 Å². The molecule has 0 aliphatic carbocycles. The molecule has 3 N–H and O–H groups in total. The molecule has 0 aliphatic rings. The summed E-state index contributed by atoms with van der Waals surface area (Å²) in [7, 11) is 0. The summed E-state index contributed by atoms with van der Waals surface area (Å²) in [4.78, 5) is 21.5. The summed E-state index contributed by atoms with van der Waals surface area (Å²) in [5, 5.41) is 13.5. The highest BCUT2D eigenvalue weighted by Gasteiger charge is 2.04. The Balaban J connectivity index is 2.40. The lowest BCUT2D eigenvalue weighted by molar-refractivity contribution is -0.136. The van der Waals surface area contributed by atoms with Crippen LogP contribution >= 0.6 is 22.6 Å². The van der Waals surface area contributed by atoms with Gasteiger partial charge in [0.25, 0.3) is 0 Å². The van der Waals surface area contributed by atoms with Gasteiger partial charge in [-0.3, -0.25) is 4.79 Å². The zero-order valence-electron chi connectivity index (χ0n) is 8.37. The standard InChI is InChI=1S/C10H11IN2O3/c11-7-3-1-2-4-8(7)13-10(16)12-6-5-9(14)15/h1-4H,5-6H2,(H,14,15)(H2,12,13,16). The van der Waals surface area contributed by atoms with Crippen LogP contribution in [0.3, 0.4) is 0 Å². The second kappa shape index (κ2) is 6.31. The van der Waals surface area contributed by atoms with Gasteiger partial charge in [0.2, 0.25) is 0 Å². The molecular formula is C10H11IN2O3. The number of aliphatic carboxylic acids is 1. The predicted molar refractivity (Wildman–Crippen MR) is 68.4 cm³/mol. The number of carboxylic acid groups (broad SMARTS) is 1. The molecule has 0 heterocycles. The molecule has 86 valence electrons. The van der Waals surface area contributed by atoms with Crippen LogP contribution in [0.25, 0.3) is 0 Å². The van der Waals surface area contributed by atoms with Crippen molar-refractivity contribution in [3.63, 3.8) is 0 Å². The lowest BCUT2D eigenvalue weighted by atomic mass is 10.3. The average Bonchev–Trinajstić information content (AvgIpc) is 2.21. The first kappa shape index (κ1) is 12.8. The van der Waals surface area contributed by atoms with Crippen molar-refractivity contribution in [2.75, 3.05) is 11.9 Å². The van der Waals surface area contributed by atoms with E-state index in [2.05, 4.69) is 33.2 Å². The Morgan fingerprint density at radius 2 is 2.00 bits per heavy atom. The first-order chi connectivity index (χ1) is 7.59. The fourth-order valence-corrected chi connectivity index (χ4v) is 1.53. The van der Waals surface area contributed by atoms with Gasteiger partial charge in [-0.1, -0.05) is 12.1 Å². The molecule has 0 aliphatic heterocycles. The largest absolute Gasteiger partial charge is 0.481 e. The van der Waals surface area contributed by atoms with E-state index in [0.29, 0.717) is 5.69 Å². The lowest BCUT2D eigenvalue weighted by Gasteiger charge is -2.07. The van der Waals surface area contributed by atoms with Crippen LogP contribution in [-0.4, -0.2) is 23.7 Å². The highest BCUT2D eigenvalue weighted by Crippen LogP contribution is 2.16. The Morgan fingerprint density at radius 1 is 1.31 bits per heavy atom. The SMILES string of the molecule is O=C(O)CCNC(=O)Nc1ccccc1I. The zero-order valence-corrected chi connectivity index (χ0v) is 10.5. The molecule has 16 heavy (non-hydrogen) atoms. The first-order valence-electron chi connectivity index (χ1n) is 4.61. The molecular weight excluding hydrogens is 323 g/mol. The maximum Gasteiger partial charge on any atom is 0.319 e. The summed E-state index contributed by atoms with van der Waals surface area (Å²) in [5.74, 6) is -0.936. The van der Waals surface area contributed by atoms with E-state index >= 15 is 0 Å². The van der Waals surface area contributed by atoms with E-state index in [-0.39, 0.29) is 13.0 Å². The number of carbonyl (C=O) groups is 2. The fourth-order valence-electron chi connectivity index (χ4n) is 1.01. The smallest absolute Gasteiger partial charge is 0.319 e. The van der Waals surface area contributed by atoms with E-state index in [1.165, 1.54) is 0 Å². The van der Waals surface area contributed by atoms with Crippen LogP contribution in [0.4, 0.5) is 10.5 Å². The predicted octanol–water partition coefficient (Wildman–Crippen LogP) is 1.89. The maximum atomic E-state index is 11.3. The van der Waals surface area contributed by atoms with Gasteiger partial charge < -0.3 is 15.7 Å². The molecule has 1 aromatic carbocycles. The number of benzene rings is 1. The summed E-state index contributed by atoms with van der Waals surface area (Å²) in [6, 6.07) is 6.93. The van der Waals surface area contributed by atoms with Crippen LogP contribution in [0.5, 0.6) is 0 Å². The molecule has 0 fully saturated rings. The van der Waals surface area contributed by atoms with E-state index < -0.39 is 12.0 Å². The zero-order chi connectivity index (χ0) is 12.0. The van der Waals surface area contributed by atoms with Gasteiger partial charge in [0.05, 0.1) is 12.1 Å². The molecule has 2 amide bonds. The second-order valence-corrected chi connectivity index (χ2v) is 4.17. The van der Waals surface area contributed by atoms with Crippen LogP contribution in [0.1, 0.15) is 6.42 Å². The summed E-state index contributed by atoms with van der Waals surface area (Å²) in [6.45, 7) is 0.116. The number of para-hydroxylation sites is 1. The van der Waals surface area contributed by atoms with E-state index in [4.69, 9.17) is 5.11 Å². The molecule has 0 atom stereocenters. The van der Waals surface area contributed by atoms with Crippen LogP contribution < -0.4 is 10.6 Å². The third kappa shape index (κ3) is 4.47. The number of hydrogen-bond donors (Lipinski definition) is 3. The van der Waals surface area contributed by atoms with Crippen molar-refractivity contribution in [1.82, 2.24) is 5.32 Å². The van der Waals surface area contributed by atoms with Crippen molar-refractivity contribution in [3.05, 3.63) is 27.8 Å². The van der Waals surface area contributed by atoms with Crippen LogP contribution in [0.15, 0.2) is 24.3 Å². The number of nitrogens with one attached hydrogen (secondary N) is 2. The van der Waals surface area contributed by atoms with Crippen molar-refractivity contribution < 1.29 is 14.7 Å². The van der Waals surface area contributed by atoms with Gasteiger partial charge >= 0.3 is 12.0 Å². The molecule has 0 aromatic heterocycles. The van der Waals surface area contributed by atoms with Crippen LogP contribution in [0.2, 0.25) is 0 Å². The van der Waals surface area contributed by atoms with Gasteiger partial charge in [0.1, 0.15) is 0 Å². The monoisotopic (exact) mass is 334 g/mol. The summed E-state index contributed by atoms with van der Waals surface area (Å²) in [6.07, 6.45) is -0.0840. The lowest BCUT2D eigenvalue weighted by Crippen LogP contribution is -2.30. The summed E-state index contributed by atoms with van der Waals surface area (Å²) in [5.41, 5.74) is 0.705. The molecule has 1 rings (SSSR count). The third-order valence-corrected chi connectivity index (χ3v) is 2.69. The Kier molecular flexibility index (Phi) is 5.03. The van der Waals surface area contributed by atoms with E-state index in [1.54, 1.807) is 6.07 Å². The average molecular weight is 334 g/mol. The molecule has 6 heteroatoms. The van der Waals surface area contributed by atoms with Crippen molar-refractivity contribution in [1.29, 1.82) is 0 Å². The molecule has 0 radical (unpaired) electrons. The second-order valence-electron chi connectivity index (χ2n) is 3.00. The maximum absolute atomic E-state index is 11.3. The van der Waals surface area contributed by atoms with Crippen LogP contribution in [0, 0.1) is 3.57 Å². The number of halogens is 1. The normalized spacial score (nSPS) is 9.56. The third-order valence-electron chi connectivity index (χ3n) is 1.75. The molecule has 0 bridgehead atoms. The Bertz CT molecular complexity index is 395. The van der Waals surface area contributed by atoms with Crippen molar-refractivity contribution in [2.24, 2.45) is 0 Å². The van der Waals surface area contributed by atoms with E-state index in [1.807, 2.05) is 18.2 Å². The quantitative estimate of drug-likeness (QED) is 0.736. The van der Waals surface area contributed by atoms with Gasteiger partial charge in [-0.05, 0) is 34.7 Å². The van der Waals surface area contributed by atoms with E-state index in [0.717, 1.165) is 3.57 Å². The highest BCUT2D eigenvalue weighted by molar-refractivity contribution is 14.1. The number of amides is 2. The Morgan fingerprint density at radius 3 is 2.62 bits per heavy atom. The number of urea groups is 1. The number of carbonyl (C=O) groups excluding carboxylic acids is 1. The van der Waals surface area contributed by atoms with Gasteiger partial charge in [-0.15, -0.1) is 0 Å². The van der Waals surface area contributed by atoms with Crippen molar-refractivity contribution in [2.45, 2.75) is 6.42 Å². The Hall–Kier alpha value is -1.31. The Labute approximate surface area is 106 Å². The first-order valence-corrected chi connectivity index (χ1v) is 5.68.